The number of urea groups is 1. The molecule has 0 aromatic heterocycles. The van der Waals surface area contributed by atoms with Gasteiger partial charge in [0.1, 0.15) is 0 Å². The lowest BCUT2D eigenvalue weighted by atomic mass is 9.94. The van der Waals surface area contributed by atoms with Gasteiger partial charge in [0, 0.05) is 25.2 Å². The first kappa shape index (κ1) is 10.7. The molecule has 1 atom stereocenters. The third kappa shape index (κ3) is 2.84. The van der Waals surface area contributed by atoms with Crippen LogP contribution in [0.15, 0.2) is 0 Å². The fourth-order valence-electron chi connectivity index (χ4n) is 2.88. The second kappa shape index (κ2) is 4.84. The zero-order valence-corrected chi connectivity index (χ0v) is 9.24. The van der Waals surface area contributed by atoms with E-state index in [0.29, 0.717) is 0 Å². The van der Waals surface area contributed by atoms with Crippen LogP contribution in [0, 0.1) is 0 Å². The van der Waals surface area contributed by atoms with Crippen molar-refractivity contribution in [2.24, 2.45) is 5.73 Å². The molecule has 1 aliphatic heterocycles. The van der Waals surface area contributed by atoms with Crippen molar-refractivity contribution in [1.82, 2.24) is 10.2 Å². The van der Waals surface area contributed by atoms with E-state index in [0.717, 1.165) is 25.6 Å². The summed E-state index contributed by atoms with van der Waals surface area (Å²) >= 11 is 0. The van der Waals surface area contributed by atoms with Gasteiger partial charge in [-0.2, -0.15) is 0 Å². The Morgan fingerprint density at radius 3 is 2.60 bits per heavy atom. The van der Waals surface area contributed by atoms with E-state index in [-0.39, 0.29) is 12.1 Å². The molecule has 0 radical (unpaired) electrons. The monoisotopic (exact) mass is 211 g/mol. The number of nitrogens with two attached hydrogens (primary N) is 1. The van der Waals surface area contributed by atoms with Crippen LogP contribution in [0.2, 0.25) is 0 Å². The Bertz CT molecular complexity index is 226. The van der Waals surface area contributed by atoms with Gasteiger partial charge in [-0.3, -0.25) is 4.90 Å². The highest BCUT2D eigenvalue weighted by atomic mass is 16.2. The number of carbonyl (C=O) groups excluding carboxylic acids is 1. The van der Waals surface area contributed by atoms with E-state index in [1.54, 1.807) is 0 Å². The normalized spacial score (nSPS) is 29.2. The van der Waals surface area contributed by atoms with Gasteiger partial charge in [0.15, 0.2) is 0 Å². The highest BCUT2D eigenvalue weighted by molar-refractivity contribution is 5.72. The molecule has 4 heteroatoms. The lowest BCUT2D eigenvalue weighted by Gasteiger charge is -2.30. The summed E-state index contributed by atoms with van der Waals surface area (Å²) in [6.07, 6.45) is 7.86. The van der Waals surface area contributed by atoms with Crippen molar-refractivity contribution >= 4 is 6.03 Å². The summed E-state index contributed by atoms with van der Waals surface area (Å²) in [5.41, 5.74) is 5.13. The number of rotatable bonds is 2. The van der Waals surface area contributed by atoms with E-state index < -0.39 is 0 Å². The van der Waals surface area contributed by atoms with E-state index in [1.807, 2.05) is 0 Å². The van der Waals surface area contributed by atoms with E-state index in [9.17, 15) is 4.79 Å². The van der Waals surface area contributed by atoms with Crippen molar-refractivity contribution in [2.75, 3.05) is 13.1 Å². The standard InChI is InChI=1S/C11H21N3O/c12-11(15)13-9-6-7-14(8-9)10-4-2-1-3-5-10/h9-10H,1-8H2,(H3,12,13,15). The summed E-state index contributed by atoms with van der Waals surface area (Å²) in [5.74, 6) is 0. The van der Waals surface area contributed by atoms with Crippen LogP contribution in [0.5, 0.6) is 0 Å². The van der Waals surface area contributed by atoms with Crippen molar-refractivity contribution in [1.29, 1.82) is 0 Å². The molecule has 1 aliphatic carbocycles. The molecule has 1 saturated carbocycles. The average molecular weight is 211 g/mol. The van der Waals surface area contributed by atoms with Crippen molar-refractivity contribution in [3.8, 4) is 0 Å². The van der Waals surface area contributed by atoms with E-state index in [1.165, 1.54) is 32.1 Å². The smallest absolute Gasteiger partial charge is 0.312 e. The summed E-state index contributed by atoms with van der Waals surface area (Å²) in [7, 11) is 0. The molecule has 1 saturated heterocycles. The number of nitrogens with zero attached hydrogens (tertiary/aromatic N) is 1. The molecule has 2 rings (SSSR count). The minimum Gasteiger partial charge on any atom is -0.352 e. The SMILES string of the molecule is NC(=O)NC1CCN(C2CCCCC2)C1. The molecule has 3 N–H and O–H groups in total. The van der Waals surface area contributed by atoms with Crippen LogP contribution in [0.1, 0.15) is 38.5 Å². The lowest BCUT2D eigenvalue weighted by molar-refractivity contribution is 0.187. The van der Waals surface area contributed by atoms with Gasteiger partial charge in [0.2, 0.25) is 0 Å². The maximum absolute atomic E-state index is 10.7. The van der Waals surface area contributed by atoms with Crippen molar-refractivity contribution in [3.63, 3.8) is 0 Å². The second-order valence-electron chi connectivity index (χ2n) is 4.78. The van der Waals surface area contributed by atoms with Gasteiger partial charge in [-0.1, -0.05) is 19.3 Å². The van der Waals surface area contributed by atoms with Gasteiger partial charge in [-0.25, -0.2) is 4.79 Å². The molecule has 0 bridgehead atoms. The third-order valence-corrected chi connectivity index (χ3v) is 3.66. The molecule has 86 valence electrons. The zero-order chi connectivity index (χ0) is 10.7. The topological polar surface area (TPSA) is 58.4 Å². The summed E-state index contributed by atoms with van der Waals surface area (Å²) in [6, 6.07) is 0.661. The summed E-state index contributed by atoms with van der Waals surface area (Å²) in [5, 5.41) is 2.81. The van der Waals surface area contributed by atoms with Crippen LogP contribution in [0.3, 0.4) is 0 Å². The highest BCUT2D eigenvalue weighted by Crippen LogP contribution is 2.25. The van der Waals surface area contributed by atoms with Gasteiger partial charge in [-0.15, -0.1) is 0 Å². The molecular formula is C11H21N3O. The summed E-state index contributed by atoms with van der Waals surface area (Å²) in [4.78, 5) is 13.3. The van der Waals surface area contributed by atoms with Crippen LogP contribution < -0.4 is 11.1 Å². The fourth-order valence-corrected chi connectivity index (χ4v) is 2.88. The lowest BCUT2D eigenvalue weighted by Crippen LogP contribution is -2.42. The Kier molecular flexibility index (Phi) is 3.46. The van der Waals surface area contributed by atoms with Crippen LogP contribution >= 0.6 is 0 Å². The molecule has 2 amide bonds. The maximum Gasteiger partial charge on any atom is 0.312 e. The molecule has 15 heavy (non-hydrogen) atoms. The van der Waals surface area contributed by atoms with Gasteiger partial charge >= 0.3 is 6.03 Å². The van der Waals surface area contributed by atoms with E-state index in [2.05, 4.69) is 10.2 Å². The Morgan fingerprint density at radius 1 is 1.20 bits per heavy atom. The largest absolute Gasteiger partial charge is 0.352 e. The Morgan fingerprint density at radius 2 is 1.93 bits per heavy atom. The number of likely N-dealkylation sites (tertiary alicyclic amines) is 1. The minimum atomic E-state index is -0.384. The average Bonchev–Trinajstić information content (AvgIpc) is 2.67. The van der Waals surface area contributed by atoms with Crippen LogP contribution in [0.4, 0.5) is 4.79 Å². The van der Waals surface area contributed by atoms with Crippen molar-refractivity contribution in [3.05, 3.63) is 0 Å². The van der Waals surface area contributed by atoms with Gasteiger partial charge < -0.3 is 11.1 Å². The number of primary amides is 1. The molecule has 4 nitrogen and oxygen atoms in total. The molecule has 1 heterocycles. The predicted octanol–water partition coefficient (Wildman–Crippen LogP) is 1.06. The molecular weight excluding hydrogens is 190 g/mol. The zero-order valence-electron chi connectivity index (χ0n) is 9.24. The van der Waals surface area contributed by atoms with Gasteiger partial charge in [0.25, 0.3) is 0 Å². The number of nitrogens with one attached hydrogen (secondary N) is 1. The highest BCUT2D eigenvalue weighted by Gasteiger charge is 2.29. The third-order valence-electron chi connectivity index (χ3n) is 3.66. The second-order valence-corrected chi connectivity index (χ2v) is 4.78. The first-order valence-corrected chi connectivity index (χ1v) is 6.06. The maximum atomic E-state index is 10.7. The van der Waals surface area contributed by atoms with E-state index >= 15 is 0 Å². The first-order chi connectivity index (χ1) is 7.25. The van der Waals surface area contributed by atoms with Crippen LogP contribution in [-0.4, -0.2) is 36.1 Å². The molecule has 0 aromatic rings. The molecule has 2 aliphatic rings. The van der Waals surface area contributed by atoms with Gasteiger partial charge in [-0.05, 0) is 19.3 Å². The number of hydrogen-bond acceptors (Lipinski definition) is 2. The number of carbonyl (C=O) groups is 1. The fraction of sp³-hybridized carbons (Fsp3) is 0.909. The number of hydrogen-bond donors (Lipinski definition) is 2. The van der Waals surface area contributed by atoms with Crippen LogP contribution in [0.25, 0.3) is 0 Å². The predicted molar refractivity (Wildman–Crippen MR) is 59.6 cm³/mol. The molecule has 1 unspecified atom stereocenters. The Labute approximate surface area is 91.2 Å². The summed E-state index contributed by atoms with van der Waals surface area (Å²) < 4.78 is 0. The first-order valence-electron chi connectivity index (χ1n) is 6.06. The van der Waals surface area contributed by atoms with E-state index in [4.69, 9.17) is 5.73 Å². The quantitative estimate of drug-likeness (QED) is 0.717. The van der Waals surface area contributed by atoms with Crippen molar-refractivity contribution in [2.45, 2.75) is 50.6 Å². The Balaban J connectivity index is 1.78. The van der Waals surface area contributed by atoms with Crippen molar-refractivity contribution < 1.29 is 4.79 Å². The van der Waals surface area contributed by atoms with Crippen LogP contribution in [-0.2, 0) is 0 Å². The molecule has 2 fully saturated rings. The van der Waals surface area contributed by atoms with Gasteiger partial charge in [0.05, 0.1) is 0 Å². The summed E-state index contributed by atoms with van der Waals surface area (Å²) in [6.45, 7) is 2.11. The number of amides is 2. The Hall–Kier alpha value is -0.770. The molecule has 0 aromatic carbocycles. The minimum absolute atomic E-state index is 0.282. The molecule has 0 spiro atoms.